The number of aromatic nitrogens is 1. The van der Waals surface area contributed by atoms with E-state index in [1.807, 2.05) is 6.07 Å². The molecule has 1 atom stereocenters. The van der Waals surface area contributed by atoms with Gasteiger partial charge < -0.3 is 15.0 Å². The number of nitrogens with zero attached hydrogens (tertiary/aromatic N) is 1. The number of aryl methyl sites for hydroxylation is 1. The molecule has 0 saturated carbocycles. The van der Waals surface area contributed by atoms with E-state index in [2.05, 4.69) is 36.7 Å². The Labute approximate surface area is 102 Å². The summed E-state index contributed by atoms with van der Waals surface area (Å²) in [6.07, 6.45) is 2.21. The molecule has 1 aromatic carbocycles. The largest absolute Gasteiger partial charge is 0.497 e. The number of ether oxygens (including phenoxy) is 1. The van der Waals surface area contributed by atoms with Crippen molar-refractivity contribution in [2.45, 2.75) is 26.3 Å². The van der Waals surface area contributed by atoms with Crippen molar-refractivity contribution in [1.29, 1.82) is 0 Å². The predicted molar refractivity (Wildman–Crippen MR) is 71.6 cm³/mol. The molecule has 17 heavy (non-hydrogen) atoms. The van der Waals surface area contributed by atoms with Crippen LogP contribution >= 0.6 is 0 Å². The first-order chi connectivity index (χ1) is 8.21. The lowest BCUT2D eigenvalue weighted by Crippen LogP contribution is -2.08. The molecular weight excluding hydrogens is 212 g/mol. The zero-order valence-corrected chi connectivity index (χ0v) is 10.7. The Hall–Kier alpha value is -1.48. The molecule has 0 saturated heterocycles. The topological polar surface area (TPSA) is 40.2 Å². The van der Waals surface area contributed by atoms with Crippen molar-refractivity contribution in [2.75, 3.05) is 13.7 Å². The fourth-order valence-electron chi connectivity index (χ4n) is 2.21. The fraction of sp³-hybridized carbons (Fsp3) is 0.429. The summed E-state index contributed by atoms with van der Waals surface area (Å²) in [5, 5.41) is 1.25. The Morgan fingerprint density at radius 2 is 2.18 bits per heavy atom. The maximum atomic E-state index is 5.78. The van der Waals surface area contributed by atoms with Crippen LogP contribution in [0.2, 0.25) is 0 Å². The molecule has 0 aliphatic rings. The summed E-state index contributed by atoms with van der Waals surface area (Å²) in [4.78, 5) is 0. The van der Waals surface area contributed by atoms with Crippen LogP contribution in [0.3, 0.4) is 0 Å². The number of methoxy groups -OCH3 is 1. The van der Waals surface area contributed by atoms with Gasteiger partial charge in [-0.25, -0.2) is 0 Å². The van der Waals surface area contributed by atoms with Crippen molar-refractivity contribution in [3.63, 3.8) is 0 Å². The normalized spacial score (nSPS) is 12.9. The van der Waals surface area contributed by atoms with E-state index in [9.17, 15) is 0 Å². The number of benzene rings is 1. The van der Waals surface area contributed by atoms with Gasteiger partial charge in [0.05, 0.1) is 7.11 Å². The van der Waals surface area contributed by atoms with Crippen molar-refractivity contribution >= 4 is 10.9 Å². The molecule has 2 N–H and O–H groups in total. The van der Waals surface area contributed by atoms with Crippen LogP contribution in [0.5, 0.6) is 5.75 Å². The Morgan fingerprint density at radius 1 is 1.41 bits per heavy atom. The van der Waals surface area contributed by atoms with Crippen molar-refractivity contribution in [3.8, 4) is 5.75 Å². The molecule has 1 unspecified atom stereocenters. The number of hydrogen-bond acceptors (Lipinski definition) is 2. The van der Waals surface area contributed by atoms with Gasteiger partial charge in [0.1, 0.15) is 5.75 Å². The molecule has 0 amide bonds. The Balaban J connectivity index is 2.65. The summed E-state index contributed by atoms with van der Waals surface area (Å²) in [7, 11) is 1.70. The Bertz CT molecular complexity index is 516. The van der Waals surface area contributed by atoms with Gasteiger partial charge in [0.15, 0.2) is 0 Å². The van der Waals surface area contributed by atoms with E-state index in [1.54, 1.807) is 7.11 Å². The van der Waals surface area contributed by atoms with Crippen LogP contribution in [0, 0.1) is 0 Å². The zero-order valence-electron chi connectivity index (χ0n) is 10.7. The van der Waals surface area contributed by atoms with Gasteiger partial charge >= 0.3 is 0 Å². The maximum Gasteiger partial charge on any atom is 0.119 e. The minimum atomic E-state index is 0.373. The highest BCUT2D eigenvalue weighted by Gasteiger charge is 2.13. The van der Waals surface area contributed by atoms with Crippen LogP contribution in [0.4, 0.5) is 0 Å². The number of nitrogens with two attached hydrogens (primary N) is 1. The number of hydrogen-bond donors (Lipinski definition) is 1. The molecule has 2 aromatic rings. The second-order valence-corrected chi connectivity index (χ2v) is 4.39. The summed E-state index contributed by atoms with van der Waals surface area (Å²) in [6.45, 7) is 5.95. The molecule has 0 aliphatic carbocycles. The number of fused-ring (bicyclic) bond motifs is 1. The van der Waals surface area contributed by atoms with Crippen molar-refractivity contribution < 1.29 is 4.74 Å². The highest BCUT2D eigenvalue weighted by molar-refractivity contribution is 5.86. The van der Waals surface area contributed by atoms with Gasteiger partial charge in [0.25, 0.3) is 0 Å². The van der Waals surface area contributed by atoms with Gasteiger partial charge in [-0.05, 0) is 43.1 Å². The summed E-state index contributed by atoms with van der Waals surface area (Å²) in [5.41, 5.74) is 8.34. The molecule has 0 spiro atoms. The highest BCUT2D eigenvalue weighted by atomic mass is 16.5. The zero-order chi connectivity index (χ0) is 12.4. The van der Waals surface area contributed by atoms with Crippen LogP contribution in [0.25, 0.3) is 10.9 Å². The van der Waals surface area contributed by atoms with E-state index in [1.165, 1.54) is 16.5 Å². The molecule has 2 rings (SSSR count). The Kier molecular flexibility index (Phi) is 3.38. The molecule has 0 aliphatic heterocycles. The van der Waals surface area contributed by atoms with Gasteiger partial charge in [-0.2, -0.15) is 0 Å². The van der Waals surface area contributed by atoms with Gasteiger partial charge in [0, 0.05) is 23.6 Å². The van der Waals surface area contributed by atoms with Crippen molar-refractivity contribution in [3.05, 3.63) is 30.0 Å². The van der Waals surface area contributed by atoms with Gasteiger partial charge in [-0.1, -0.05) is 6.92 Å². The molecule has 0 radical (unpaired) electrons. The summed E-state index contributed by atoms with van der Waals surface area (Å²) < 4.78 is 7.55. The third kappa shape index (κ3) is 2.03. The SMILES string of the molecule is CCn1cc(C(C)CN)c2cc(OC)ccc21. The summed E-state index contributed by atoms with van der Waals surface area (Å²) in [6, 6.07) is 6.22. The third-order valence-corrected chi connectivity index (χ3v) is 3.34. The van der Waals surface area contributed by atoms with E-state index in [4.69, 9.17) is 10.5 Å². The summed E-state index contributed by atoms with van der Waals surface area (Å²) >= 11 is 0. The molecule has 1 heterocycles. The maximum absolute atomic E-state index is 5.78. The minimum Gasteiger partial charge on any atom is -0.497 e. The lowest BCUT2D eigenvalue weighted by Gasteiger charge is -2.07. The van der Waals surface area contributed by atoms with Gasteiger partial charge in [0.2, 0.25) is 0 Å². The molecule has 92 valence electrons. The summed E-state index contributed by atoms with van der Waals surface area (Å²) in [5.74, 6) is 1.27. The predicted octanol–water partition coefficient (Wildman–Crippen LogP) is 2.73. The fourth-order valence-corrected chi connectivity index (χ4v) is 2.21. The van der Waals surface area contributed by atoms with E-state index < -0.39 is 0 Å². The van der Waals surface area contributed by atoms with Crippen LogP contribution < -0.4 is 10.5 Å². The van der Waals surface area contributed by atoms with E-state index in [0.29, 0.717) is 12.5 Å². The van der Waals surface area contributed by atoms with E-state index in [-0.39, 0.29) is 0 Å². The standard InChI is InChI=1S/C14H20N2O/c1-4-16-9-13(10(2)8-15)12-7-11(17-3)5-6-14(12)16/h5-7,9-10H,4,8,15H2,1-3H3. The van der Waals surface area contributed by atoms with Crippen molar-refractivity contribution in [1.82, 2.24) is 4.57 Å². The number of rotatable bonds is 4. The van der Waals surface area contributed by atoms with Gasteiger partial charge in [-0.15, -0.1) is 0 Å². The molecule has 3 heteroatoms. The van der Waals surface area contributed by atoms with Gasteiger partial charge in [-0.3, -0.25) is 0 Å². The second-order valence-electron chi connectivity index (χ2n) is 4.39. The lowest BCUT2D eigenvalue weighted by molar-refractivity contribution is 0.415. The molecular formula is C14H20N2O. The highest BCUT2D eigenvalue weighted by Crippen LogP contribution is 2.30. The first-order valence-electron chi connectivity index (χ1n) is 6.08. The van der Waals surface area contributed by atoms with Crippen LogP contribution in [0.15, 0.2) is 24.4 Å². The van der Waals surface area contributed by atoms with Crippen LogP contribution in [0.1, 0.15) is 25.3 Å². The molecule has 0 fully saturated rings. The van der Waals surface area contributed by atoms with E-state index in [0.717, 1.165) is 12.3 Å². The average Bonchev–Trinajstić information content (AvgIpc) is 2.75. The minimum absolute atomic E-state index is 0.373. The molecule has 1 aromatic heterocycles. The van der Waals surface area contributed by atoms with E-state index >= 15 is 0 Å². The second kappa shape index (κ2) is 4.80. The average molecular weight is 232 g/mol. The quantitative estimate of drug-likeness (QED) is 0.880. The van der Waals surface area contributed by atoms with Crippen LogP contribution in [-0.2, 0) is 6.54 Å². The lowest BCUT2D eigenvalue weighted by atomic mass is 10.0. The third-order valence-electron chi connectivity index (χ3n) is 3.34. The van der Waals surface area contributed by atoms with Crippen LogP contribution in [-0.4, -0.2) is 18.2 Å². The first kappa shape index (κ1) is 12.0. The van der Waals surface area contributed by atoms with Crippen molar-refractivity contribution in [2.24, 2.45) is 5.73 Å². The first-order valence-corrected chi connectivity index (χ1v) is 6.08. The Morgan fingerprint density at radius 3 is 2.76 bits per heavy atom. The molecule has 3 nitrogen and oxygen atoms in total. The smallest absolute Gasteiger partial charge is 0.119 e. The monoisotopic (exact) mass is 232 g/mol. The molecule has 0 bridgehead atoms.